The summed E-state index contributed by atoms with van der Waals surface area (Å²) in [4.78, 5) is 25.1. The van der Waals surface area contributed by atoms with Crippen LogP contribution >= 0.6 is 34.7 Å². The molecule has 11 heteroatoms. The van der Waals surface area contributed by atoms with Crippen molar-refractivity contribution in [3.63, 3.8) is 0 Å². The zero-order valence-electron chi connectivity index (χ0n) is 16.1. The van der Waals surface area contributed by atoms with Crippen molar-refractivity contribution in [2.24, 2.45) is 0 Å². The number of benzene rings is 1. The van der Waals surface area contributed by atoms with Crippen molar-refractivity contribution in [3.8, 4) is 0 Å². The third-order valence-corrected chi connectivity index (χ3v) is 6.77. The number of carbonyl (C=O) groups is 2. The third kappa shape index (κ3) is 5.05. The lowest BCUT2D eigenvalue weighted by Gasteiger charge is -2.29. The average molecular weight is 466 g/mol. The summed E-state index contributed by atoms with van der Waals surface area (Å²) >= 11 is 8.86. The number of hydrogen-bond donors (Lipinski definition) is 3. The van der Waals surface area contributed by atoms with E-state index in [4.69, 9.17) is 16.3 Å². The van der Waals surface area contributed by atoms with E-state index >= 15 is 0 Å². The number of nitrogens with one attached hydrogen (secondary N) is 3. The van der Waals surface area contributed by atoms with Crippen LogP contribution < -0.4 is 16.0 Å². The Bertz CT molecular complexity index is 975. The molecule has 1 atom stereocenters. The molecular formula is C19H20ClN5O3S2. The van der Waals surface area contributed by atoms with Gasteiger partial charge in [-0.15, -0.1) is 10.2 Å². The molecule has 0 radical (unpaired) electrons. The lowest BCUT2D eigenvalue weighted by atomic mass is 9.95. The van der Waals surface area contributed by atoms with E-state index in [1.807, 2.05) is 0 Å². The van der Waals surface area contributed by atoms with Crippen LogP contribution in [-0.4, -0.2) is 40.6 Å². The first kappa shape index (κ1) is 21.0. The monoisotopic (exact) mass is 465 g/mol. The Morgan fingerprint density at radius 2 is 2.10 bits per heavy atom. The number of thioether (sulfide) groups is 1. The Labute approximate surface area is 186 Å². The fourth-order valence-electron chi connectivity index (χ4n) is 2.95. The molecule has 0 bridgehead atoms. The maximum Gasteiger partial charge on any atom is 0.338 e. The molecule has 4 rings (SSSR count). The van der Waals surface area contributed by atoms with E-state index in [2.05, 4.69) is 26.1 Å². The van der Waals surface area contributed by atoms with Crippen LogP contribution in [-0.2, 0) is 9.53 Å². The van der Waals surface area contributed by atoms with Gasteiger partial charge in [-0.25, -0.2) is 9.59 Å². The zero-order chi connectivity index (χ0) is 21.1. The van der Waals surface area contributed by atoms with Crippen molar-refractivity contribution in [1.29, 1.82) is 0 Å². The van der Waals surface area contributed by atoms with Crippen LogP contribution in [0.2, 0.25) is 5.02 Å². The van der Waals surface area contributed by atoms with Crippen LogP contribution in [0, 0.1) is 0 Å². The molecule has 1 aromatic carbocycles. The molecule has 0 spiro atoms. The average Bonchev–Trinajstić information content (AvgIpc) is 3.42. The van der Waals surface area contributed by atoms with Crippen molar-refractivity contribution >= 4 is 51.8 Å². The number of rotatable bonds is 8. The van der Waals surface area contributed by atoms with Crippen molar-refractivity contribution < 1.29 is 14.3 Å². The van der Waals surface area contributed by atoms with Gasteiger partial charge in [0, 0.05) is 22.5 Å². The maximum atomic E-state index is 12.8. The summed E-state index contributed by atoms with van der Waals surface area (Å²) in [6.45, 7) is 1.98. The Hall–Kier alpha value is -2.30. The van der Waals surface area contributed by atoms with E-state index in [0.717, 1.165) is 27.9 Å². The Kier molecular flexibility index (Phi) is 6.45. The van der Waals surface area contributed by atoms with Gasteiger partial charge >= 0.3 is 12.0 Å². The highest BCUT2D eigenvalue weighted by molar-refractivity contribution is 8.01. The van der Waals surface area contributed by atoms with Gasteiger partial charge in [0.15, 0.2) is 4.34 Å². The molecule has 1 aliphatic heterocycles. The summed E-state index contributed by atoms with van der Waals surface area (Å²) in [6.07, 6.45) is 2.31. The second-order valence-corrected chi connectivity index (χ2v) is 9.41. The number of amides is 2. The van der Waals surface area contributed by atoms with Crippen LogP contribution in [0.3, 0.4) is 0 Å². The summed E-state index contributed by atoms with van der Waals surface area (Å²) in [5, 5.41) is 18.6. The molecule has 1 aliphatic carbocycles. The van der Waals surface area contributed by atoms with Crippen molar-refractivity contribution in [2.75, 3.05) is 17.7 Å². The first-order chi connectivity index (χ1) is 14.5. The number of halogens is 1. The largest absolute Gasteiger partial charge is 0.463 e. The van der Waals surface area contributed by atoms with E-state index in [0.29, 0.717) is 28.1 Å². The van der Waals surface area contributed by atoms with Gasteiger partial charge in [0.05, 0.1) is 18.2 Å². The molecule has 1 fully saturated rings. The minimum Gasteiger partial charge on any atom is -0.463 e. The standard InChI is InChI=1S/C19H20ClN5O3S2/c1-2-28-16(26)14-13(9-29-19-25-24-18(30-19)21-12-7-8-12)22-17(27)23-15(14)10-3-5-11(20)6-4-10/h3-6,12,15H,2,7-9H2,1H3,(H,21,24)(H2,22,23,27). The molecule has 8 nitrogen and oxygen atoms in total. The highest BCUT2D eigenvalue weighted by Crippen LogP contribution is 2.34. The zero-order valence-corrected chi connectivity index (χ0v) is 18.5. The number of hydrogen-bond acceptors (Lipinski definition) is 8. The highest BCUT2D eigenvalue weighted by Gasteiger charge is 2.33. The van der Waals surface area contributed by atoms with E-state index in [1.165, 1.54) is 23.1 Å². The molecule has 3 N–H and O–H groups in total. The normalized spacial score (nSPS) is 18.6. The Balaban J connectivity index is 1.58. The van der Waals surface area contributed by atoms with Gasteiger partial charge in [0.1, 0.15) is 0 Å². The van der Waals surface area contributed by atoms with E-state index in [-0.39, 0.29) is 12.6 Å². The lowest BCUT2D eigenvalue weighted by Crippen LogP contribution is -2.46. The third-order valence-electron chi connectivity index (χ3n) is 4.50. The number of anilines is 1. The predicted octanol–water partition coefficient (Wildman–Crippen LogP) is 3.73. The molecule has 2 aromatic rings. The summed E-state index contributed by atoms with van der Waals surface area (Å²) in [5.74, 6) is -0.127. The van der Waals surface area contributed by atoms with E-state index in [9.17, 15) is 9.59 Å². The predicted molar refractivity (Wildman–Crippen MR) is 117 cm³/mol. The minimum absolute atomic E-state index is 0.233. The summed E-state index contributed by atoms with van der Waals surface area (Å²) in [6, 6.07) is 6.49. The van der Waals surface area contributed by atoms with Crippen molar-refractivity contribution in [1.82, 2.24) is 20.8 Å². The SMILES string of the molecule is CCOC(=O)C1=C(CSc2nnc(NC3CC3)s2)NC(=O)NC1c1ccc(Cl)cc1. The van der Waals surface area contributed by atoms with Gasteiger partial charge in [0.25, 0.3) is 0 Å². The van der Waals surface area contributed by atoms with Gasteiger partial charge in [0.2, 0.25) is 5.13 Å². The van der Waals surface area contributed by atoms with Crippen LogP contribution in [0.1, 0.15) is 31.4 Å². The second kappa shape index (κ2) is 9.23. The number of esters is 1. The topological polar surface area (TPSA) is 105 Å². The van der Waals surface area contributed by atoms with Gasteiger partial charge < -0.3 is 20.7 Å². The minimum atomic E-state index is -0.632. The molecule has 1 aromatic heterocycles. The fourth-order valence-corrected chi connectivity index (χ4v) is 4.87. The molecule has 2 amide bonds. The second-order valence-electron chi connectivity index (χ2n) is 6.78. The van der Waals surface area contributed by atoms with E-state index < -0.39 is 12.0 Å². The number of urea groups is 1. The van der Waals surface area contributed by atoms with Gasteiger partial charge in [-0.1, -0.05) is 46.8 Å². The van der Waals surface area contributed by atoms with Crippen molar-refractivity contribution in [2.45, 2.75) is 36.2 Å². The summed E-state index contributed by atoms with van der Waals surface area (Å²) < 4.78 is 6.02. The van der Waals surface area contributed by atoms with Gasteiger partial charge in [-0.2, -0.15) is 0 Å². The van der Waals surface area contributed by atoms with Crippen molar-refractivity contribution in [3.05, 3.63) is 46.1 Å². The Morgan fingerprint density at radius 1 is 1.33 bits per heavy atom. The molecule has 1 saturated carbocycles. The smallest absolute Gasteiger partial charge is 0.338 e. The molecule has 30 heavy (non-hydrogen) atoms. The number of ether oxygens (including phenoxy) is 1. The van der Waals surface area contributed by atoms with Crippen LogP contribution in [0.25, 0.3) is 0 Å². The first-order valence-electron chi connectivity index (χ1n) is 9.49. The quantitative estimate of drug-likeness (QED) is 0.403. The van der Waals surface area contributed by atoms with Crippen LogP contribution in [0.15, 0.2) is 39.9 Å². The molecular weight excluding hydrogens is 446 g/mol. The van der Waals surface area contributed by atoms with Gasteiger partial charge in [-0.3, -0.25) is 0 Å². The molecule has 1 unspecified atom stereocenters. The molecule has 0 saturated heterocycles. The fraction of sp³-hybridized carbons (Fsp3) is 0.368. The maximum absolute atomic E-state index is 12.8. The molecule has 2 aliphatic rings. The summed E-state index contributed by atoms with van der Waals surface area (Å²) in [7, 11) is 0. The Morgan fingerprint density at radius 3 is 2.80 bits per heavy atom. The number of aromatic nitrogens is 2. The van der Waals surface area contributed by atoms with E-state index in [1.54, 1.807) is 31.2 Å². The number of nitrogens with zero attached hydrogens (tertiary/aromatic N) is 2. The summed E-state index contributed by atoms with van der Waals surface area (Å²) in [5.41, 5.74) is 1.60. The lowest BCUT2D eigenvalue weighted by molar-refractivity contribution is -0.139. The van der Waals surface area contributed by atoms with Gasteiger partial charge in [-0.05, 0) is 37.5 Å². The number of carbonyl (C=O) groups excluding carboxylic acids is 2. The highest BCUT2D eigenvalue weighted by atomic mass is 35.5. The molecule has 2 heterocycles. The molecule has 158 valence electrons. The first-order valence-corrected chi connectivity index (χ1v) is 11.7. The van der Waals surface area contributed by atoms with Crippen LogP contribution in [0.5, 0.6) is 0 Å². The van der Waals surface area contributed by atoms with Crippen LogP contribution in [0.4, 0.5) is 9.93 Å².